The summed E-state index contributed by atoms with van der Waals surface area (Å²) in [6.45, 7) is -0.0519. The van der Waals surface area contributed by atoms with E-state index in [4.69, 9.17) is 23.2 Å². The summed E-state index contributed by atoms with van der Waals surface area (Å²) in [4.78, 5) is 12.1. The lowest BCUT2D eigenvalue weighted by molar-refractivity contribution is 0.128. The van der Waals surface area contributed by atoms with E-state index in [1.165, 1.54) is 0 Å². The predicted molar refractivity (Wildman–Crippen MR) is 81.5 cm³/mol. The van der Waals surface area contributed by atoms with Crippen molar-refractivity contribution < 1.29 is 9.90 Å². The molecule has 2 amide bonds. The average molecular weight is 317 g/mol. The molecule has 1 aliphatic rings. The summed E-state index contributed by atoms with van der Waals surface area (Å²) in [6.07, 6.45) is 4.75. The molecule has 6 heteroatoms. The van der Waals surface area contributed by atoms with Gasteiger partial charge in [0.25, 0.3) is 0 Å². The molecule has 1 aromatic carbocycles. The number of aliphatic hydroxyl groups excluding tert-OH is 1. The van der Waals surface area contributed by atoms with Crippen molar-refractivity contribution in [3.05, 3.63) is 28.2 Å². The van der Waals surface area contributed by atoms with Crippen LogP contribution in [0.5, 0.6) is 0 Å². The van der Waals surface area contributed by atoms with Gasteiger partial charge in [0.2, 0.25) is 0 Å². The Kier molecular flexibility index (Phi) is 5.13. The van der Waals surface area contributed by atoms with E-state index in [0.717, 1.165) is 32.1 Å². The first kappa shape index (κ1) is 15.4. The van der Waals surface area contributed by atoms with Crippen molar-refractivity contribution in [2.24, 2.45) is 0 Å². The molecule has 0 radical (unpaired) electrons. The van der Waals surface area contributed by atoms with E-state index in [-0.39, 0.29) is 12.6 Å². The van der Waals surface area contributed by atoms with Gasteiger partial charge in [0.1, 0.15) is 0 Å². The Balaban J connectivity index is 2.02. The van der Waals surface area contributed by atoms with Crippen LogP contribution in [-0.4, -0.2) is 23.3 Å². The normalized spacial score (nSPS) is 17.6. The maximum atomic E-state index is 12.1. The molecule has 0 saturated heterocycles. The van der Waals surface area contributed by atoms with E-state index < -0.39 is 5.54 Å². The van der Waals surface area contributed by atoms with Gasteiger partial charge in [-0.15, -0.1) is 0 Å². The molecule has 110 valence electrons. The van der Waals surface area contributed by atoms with Crippen LogP contribution in [-0.2, 0) is 0 Å². The van der Waals surface area contributed by atoms with Gasteiger partial charge in [-0.3, -0.25) is 0 Å². The number of benzene rings is 1. The van der Waals surface area contributed by atoms with Crippen molar-refractivity contribution >= 4 is 34.9 Å². The third-order valence-corrected chi connectivity index (χ3v) is 4.23. The third kappa shape index (κ3) is 3.78. The highest BCUT2D eigenvalue weighted by Crippen LogP contribution is 2.29. The number of carbonyl (C=O) groups is 1. The zero-order chi connectivity index (χ0) is 14.6. The van der Waals surface area contributed by atoms with E-state index in [0.29, 0.717) is 15.7 Å². The Bertz CT molecular complexity index is 488. The maximum Gasteiger partial charge on any atom is 0.319 e. The van der Waals surface area contributed by atoms with Crippen LogP contribution in [0.25, 0.3) is 0 Å². The molecule has 1 aromatic rings. The Hall–Kier alpha value is -0.970. The molecule has 2 rings (SSSR count). The van der Waals surface area contributed by atoms with Gasteiger partial charge in [-0.1, -0.05) is 42.5 Å². The number of urea groups is 1. The molecular formula is C14H18Cl2N2O2. The number of hydrogen-bond donors (Lipinski definition) is 3. The van der Waals surface area contributed by atoms with Crippen molar-refractivity contribution in [2.45, 2.75) is 37.6 Å². The number of amides is 2. The summed E-state index contributed by atoms with van der Waals surface area (Å²) in [5, 5.41) is 16.0. The van der Waals surface area contributed by atoms with Crippen molar-refractivity contribution in [2.75, 3.05) is 11.9 Å². The fourth-order valence-corrected chi connectivity index (χ4v) is 2.88. The second-order valence-corrected chi connectivity index (χ2v) is 6.05. The predicted octanol–water partition coefficient (Wildman–Crippen LogP) is 3.81. The highest BCUT2D eigenvalue weighted by atomic mass is 35.5. The van der Waals surface area contributed by atoms with Gasteiger partial charge in [-0.2, -0.15) is 0 Å². The van der Waals surface area contributed by atoms with Crippen LogP contribution >= 0.6 is 23.2 Å². The van der Waals surface area contributed by atoms with Crippen LogP contribution in [0.2, 0.25) is 10.0 Å². The monoisotopic (exact) mass is 316 g/mol. The second-order valence-electron chi connectivity index (χ2n) is 5.20. The molecule has 1 fully saturated rings. The van der Waals surface area contributed by atoms with E-state index in [1.54, 1.807) is 18.2 Å². The molecule has 0 heterocycles. The van der Waals surface area contributed by atoms with E-state index in [9.17, 15) is 9.90 Å². The van der Waals surface area contributed by atoms with Gasteiger partial charge in [-0.05, 0) is 31.0 Å². The van der Waals surface area contributed by atoms with Gasteiger partial charge >= 0.3 is 6.03 Å². The average Bonchev–Trinajstić information content (AvgIpc) is 2.44. The highest BCUT2D eigenvalue weighted by molar-refractivity contribution is 6.35. The summed E-state index contributed by atoms with van der Waals surface area (Å²) < 4.78 is 0. The molecule has 0 atom stereocenters. The van der Waals surface area contributed by atoms with Gasteiger partial charge in [0.05, 0.1) is 22.9 Å². The van der Waals surface area contributed by atoms with Crippen molar-refractivity contribution in [3.8, 4) is 0 Å². The van der Waals surface area contributed by atoms with E-state index in [2.05, 4.69) is 10.6 Å². The van der Waals surface area contributed by atoms with E-state index in [1.807, 2.05) is 0 Å². The minimum atomic E-state index is -0.520. The Morgan fingerprint density at radius 3 is 2.60 bits per heavy atom. The quantitative estimate of drug-likeness (QED) is 0.794. The van der Waals surface area contributed by atoms with Crippen LogP contribution in [0.4, 0.5) is 10.5 Å². The molecule has 0 unspecified atom stereocenters. The Morgan fingerprint density at radius 2 is 1.95 bits per heavy atom. The fraction of sp³-hybridized carbons (Fsp3) is 0.500. The minimum absolute atomic E-state index is 0.0519. The lowest BCUT2D eigenvalue weighted by Gasteiger charge is -2.36. The zero-order valence-electron chi connectivity index (χ0n) is 11.1. The largest absolute Gasteiger partial charge is 0.394 e. The molecule has 3 N–H and O–H groups in total. The first-order chi connectivity index (χ1) is 9.54. The molecule has 1 saturated carbocycles. The number of hydrogen-bond acceptors (Lipinski definition) is 2. The van der Waals surface area contributed by atoms with Crippen molar-refractivity contribution in [1.82, 2.24) is 5.32 Å². The Labute approximate surface area is 128 Å². The number of carbonyl (C=O) groups excluding carboxylic acids is 1. The van der Waals surface area contributed by atoms with Gasteiger partial charge in [0.15, 0.2) is 0 Å². The first-order valence-electron chi connectivity index (χ1n) is 6.70. The molecule has 0 aliphatic heterocycles. The molecule has 0 spiro atoms. The molecule has 0 bridgehead atoms. The number of halogens is 2. The lowest BCUT2D eigenvalue weighted by Crippen LogP contribution is -2.53. The summed E-state index contributed by atoms with van der Waals surface area (Å²) in [5.74, 6) is 0. The SMILES string of the molecule is O=C(Nc1cc(Cl)ccc1Cl)NC1(CO)CCCCC1. The van der Waals surface area contributed by atoms with Crippen LogP contribution in [0.1, 0.15) is 32.1 Å². The smallest absolute Gasteiger partial charge is 0.319 e. The van der Waals surface area contributed by atoms with Crippen LogP contribution in [0.3, 0.4) is 0 Å². The summed E-state index contributed by atoms with van der Waals surface area (Å²) in [6, 6.07) is 4.51. The topological polar surface area (TPSA) is 61.4 Å². The van der Waals surface area contributed by atoms with Crippen LogP contribution in [0.15, 0.2) is 18.2 Å². The van der Waals surface area contributed by atoms with E-state index >= 15 is 0 Å². The minimum Gasteiger partial charge on any atom is -0.394 e. The number of nitrogens with one attached hydrogen (secondary N) is 2. The number of anilines is 1. The summed E-state index contributed by atoms with van der Waals surface area (Å²) >= 11 is 11.9. The van der Waals surface area contributed by atoms with Crippen molar-refractivity contribution in [3.63, 3.8) is 0 Å². The first-order valence-corrected chi connectivity index (χ1v) is 7.45. The molecular weight excluding hydrogens is 299 g/mol. The fourth-order valence-electron chi connectivity index (χ4n) is 2.54. The lowest BCUT2D eigenvalue weighted by atomic mass is 9.82. The third-order valence-electron chi connectivity index (χ3n) is 3.67. The van der Waals surface area contributed by atoms with Gasteiger partial charge < -0.3 is 15.7 Å². The maximum absolute atomic E-state index is 12.1. The summed E-state index contributed by atoms with van der Waals surface area (Å²) in [7, 11) is 0. The Morgan fingerprint density at radius 1 is 1.25 bits per heavy atom. The number of aliphatic hydroxyl groups is 1. The highest BCUT2D eigenvalue weighted by Gasteiger charge is 2.32. The van der Waals surface area contributed by atoms with Gasteiger partial charge in [-0.25, -0.2) is 4.79 Å². The molecule has 20 heavy (non-hydrogen) atoms. The number of rotatable bonds is 3. The molecule has 0 aromatic heterocycles. The molecule has 1 aliphatic carbocycles. The molecule has 4 nitrogen and oxygen atoms in total. The van der Waals surface area contributed by atoms with Gasteiger partial charge in [0, 0.05) is 5.02 Å². The van der Waals surface area contributed by atoms with Crippen LogP contribution < -0.4 is 10.6 Å². The van der Waals surface area contributed by atoms with Crippen LogP contribution in [0, 0.1) is 0 Å². The summed E-state index contributed by atoms with van der Waals surface area (Å²) in [5.41, 5.74) is -0.0616. The second kappa shape index (κ2) is 6.66. The standard InChI is InChI=1S/C14H18Cl2N2O2/c15-10-4-5-11(16)12(8-10)17-13(20)18-14(9-19)6-2-1-3-7-14/h4-5,8,19H,1-3,6-7,9H2,(H2,17,18,20). The zero-order valence-corrected chi connectivity index (χ0v) is 12.6. The van der Waals surface area contributed by atoms with Crippen molar-refractivity contribution in [1.29, 1.82) is 0 Å².